The van der Waals surface area contributed by atoms with E-state index in [0.29, 0.717) is 0 Å². The van der Waals surface area contributed by atoms with Crippen LogP contribution in [0.4, 0.5) is 5.69 Å². The highest BCUT2D eigenvalue weighted by Crippen LogP contribution is 2.39. The van der Waals surface area contributed by atoms with Crippen LogP contribution in [0.2, 0.25) is 0 Å². The number of hydrogen-bond donors (Lipinski definition) is 1. The van der Waals surface area contributed by atoms with Crippen LogP contribution < -0.4 is 5.32 Å². The summed E-state index contributed by atoms with van der Waals surface area (Å²) >= 11 is 0. The lowest BCUT2D eigenvalue weighted by Crippen LogP contribution is -2.07. The Balaban J connectivity index is 1.77. The van der Waals surface area contributed by atoms with Gasteiger partial charge in [-0.25, -0.2) is 0 Å². The maximum absolute atomic E-state index is 3.55. The van der Waals surface area contributed by atoms with Crippen molar-refractivity contribution in [3.63, 3.8) is 0 Å². The number of hydrogen-bond acceptors (Lipinski definition) is 1. The van der Waals surface area contributed by atoms with Gasteiger partial charge in [-0.2, -0.15) is 0 Å². The highest BCUT2D eigenvalue weighted by Gasteiger charge is 2.26. The fraction of sp³-hybridized carbons (Fsp3) is 0.600. The van der Waals surface area contributed by atoms with Crippen molar-refractivity contribution in [2.75, 3.05) is 11.9 Å². The van der Waals surface area contributed by atoms with E-state index in [4.69, 9.17) is 0 Å². The first-order valence-electron chi connectivity index (χ1n) is 6.67. The minimum absolute atomic E-state index is 0.776. The number of rotatable bonds is 2. The normalized spacial score (nSPS) is 24.4. The van der Waals surface area contributed by atoms with Crippen molar-refractivity contribution in [1.29, 1.82) is 0 Å². The Morgan fingerprint density at radius 3 is 2.88 bits per heavy atom. The van der Waals surface area contributed by atoms with E-state index in [0.717, 1.165) is 18.4 Å². The second-order valence-corrected chi connectivity index (χ2v) is 5.55. The first-order valence-corrected chi connectivity index (χ1v) is 6.67. The number of benzene rings is 1. The second kappa shape index (κ2) is 4.12. The predicted octanol–water partition coefficient (Wildman–Crippen LogP) is 4.08. The molecule has 1 atom stereocenters. The van der Waals surface area contributed by atoms with E-state index < -0.39 is 0 Å². The van der Waals surface area contributed by atoms with Crippen LogP contribution >= 0.6 is 0 Å². The molecule has 1 aliphatic carbocycles. The zero-order valence-electron chi connectivity index (χ0n) is 10.1. The fourth-order valence-electron chi connectivity index (χ4n) is 3.38. The SMILES string of the molecule is Cc1ccc2c(c1)C(CC1CCCC1)CN2. The average molecular weight is 215 g/mol. The van der Waals surface area contributed by atoms with E-state index in [1.807, 2.05) is 0 Å². The number of nitrogens with one attached hydrogen (secondary N) is 1. The maximum atomic E-state index is 3.55. The summed E-state index contributed by atoms with van der Waals surface area (Å²) in [4.78, 5) is 0. The lowest BCUT2D eigenvalue weighted by Gasteiger charge is -2.15. The van der Waals surface area contributed by atoms with Gasteiger partial charge in [-0.15, -0.1) is 0 Å². The lowest BCUT2D eigenvalue weighted by atomic mass is 9.89. The van der Waals surface area contributed by atoms with E-state index in [1.54, 1.807) is 5.56 Å². The molecule has 86 valence electrons. The van der Waals surface area contributed by atoms with Gasteiger partial charge in [0.15, 0.2) is 0 Å². The number of anilines is 1. The predicted molar refractivity (Wildman–Crippen MR) is 69.0 cm³/mol. The fourth-order valence-corrected chi connectivity index (χ4v) is 3.38. The Hall–Kier alpha value is -0.980. The molecule has 0 aromatic heterocycles. The van der Waals surface area contributed by atoms with Crippen molar-refractivity contribution in [3.05, 3.63) is 29.3 Å². The Kier molecular flexibility index (Phi) is 2.62. The molecule has 16 heavy (non-hydrogen) atoms. The summed E-state index contributed by atoms with van der Waals surface area (Å²) in [6.07, 6.45) is 7.27. The molecule has 1 heterocycles. The van der Waals surface area contributed by atoms with Crippen LogP contribution in [0.3, 0.4) is 0 Å². The monoisotopic (exact) mass is 215 g/mol. The molecule has 1 nitrogen and oxygen atoms in total. The Bertz CT molecular complexity index is 377. The second-order valence-electron chi connectivity index (χ2n) is 5.55. The Morgan fingerprint density at radius 1 is 1.25 bits per heavy atom. The van der Waals surface area contributed by atoms with Gasteiger partial charge in [-0.3, -0.25) is 0 Å². The third-order valence-electron chi connectivity index (χ3n) is 4.28. The highest BCUT2D eigenvalue weighted by molar-refractivity contribution is 5.58. The van der Waals surface area contributed by atoms with Gasteiger partial charge in [-0.05, 0) is 30.9 Å². The third kappa shape index (κ3) is 1.83. The number of aryl methyl sites for hydroxylation is 1. The smallest absolute Gasteiger partial charge is 0.0376 e. The summed E-state index contributed by atoms with van der Waals surface area (Å²) < 4.78 is 0. The standard InChI is InChI=1S/C15H21N/c1-11-6-7-15-14(8-11)13(10-16-15)9-12-4-2-3-5-12/h6-8,12-13,16H,2-5,9-10H2,1H3. The zero-order chi connectivity index (χ0) is 11.0. The third-order valence-corrected chi connectivity index (χ3v) is 4.28. The minimum Gasteiger partial charge on any atom is -0.384 e. The highest BCUT2D eigenvalue weighted by atomic mass is 14.9. The molecule has 0 bridgehead atoms. The number of fused-ring (bicyclic) bond motifs is 1. The summed E-state index contributed by atoms with van der Waals surface area (Å²) in [6, 6.07) is 6.85. The molecular formula is C15H21N. The molecule has 1 fully saturated rings. The summed E-state index contributed by atoms with van der Waals surface area (Å²) in [7, 11) is 0. The lowest BCUT2D eigenvalue weighted by molar-refractivity contribution is 0.460. The molecule has 1 aliphatic heterocycles. The van der Waals surface area contributed by atoms with Gasteiger partial charge < -0.3 is 5.32 Å². The van der Waals surface area contributed by atoms with Crippen LogP contribution in [0, 0.1) is 12.8 Å². The van der Waals surface area contributed by atoms with E-state index >= 15 is 0 Å². The topological polar surface area (TPSA) is 12.0 Å². The van der Waals surface area contributed by atoms with Crippen LogP contribution in [-0.4, -0.2) is 6.54 Å². The van der Waals surface area contributed by atoms with Crippen molar-refractivity contribution in [1.82, 2.24) is 0 Å². The molecule has 0 amide bonds. The van der Waals surface area contributed by atoms with Crippen molar-refractivity contribution < 1.29 is 0 Å². The van der Waals surface area contributed by atoms with E-state index in [2.05, 4.69) is 30.4 Å². The summed E-state index contributed by atoms with van der Waals surface area (Å²) in [6.45, 7) is 3.36. The van der Waals surface area contributed by atoms with Crippen molar-refractivity contribution in [2.45, 2.75) is 44.9 Å². The summed E-state index contributed by atoms with van der Waals surface area (Å²) in [5.41, 5.74) is 4.36. The van der Waals surface area contributed by atoms with Gasteiger partial charge in [-0.1, -0.05) is 43.4 Å². The molecule has 0 radical (unpaired) electrons. The Labute approximate surface area is 98.3 Å². The molecule has 1 heteroatoms. The van der Waals surface area contributed by atoms with Gasteiger partial charge >= 0.3 is 0 Å². The van der Waals surface area contributed by atoms with Crippen LogP contribution in [0.15, 0.2) is 18.2 Å². The zero-order valence-corrected chi connectivity index (χ0v) is 10.1. The van der Waals surface area contributed by atoms with Crippen molar-refractivity contribution in [2.24, 2.45) is 5.92 Å². The van der Waals surface area contributed by atoms with Crippen LogP contribution in [-0.2, 0) is 0 Å². The first-order chi connectivity index (χ1) is 7.83. The van der Waals surface area contributed by atoms with Gasteiger partial charge in [0.25, 0.3) is 0 Å². The van der Waals surface area contributed by atoms with Crippen LogP contribution in [0.25, 0.3) is 0 Å². The van der Waals surface area contributed by atoms with E-state index in [1.165, 1.54) is 43.4 Å². The maximum Gasteiger partial charge on any atom is 0.0376 e. The quantitative estimate of drug-likeness (QED) is 0.783. The average Bonchev–Trinajstić information content (AvgIpc) is 2.90. The molecule has 1 aromatic rings. The van der Waals surface area contributed by atoms with Gasteiger partial charge in [0.05, 0.1) is 0 Å². The molecule has 3 rings (SSSR count). The molecule has 0 saturated heterocycles. The van der Waals surface area contributed by atoms with Crippen LogP contribution in [0.5, 0.6) is 0 Å². The summed E-state index contributed by atoms with van der Waals surface area (Å²) in [5.74, 6) is 1.77. The molecule has 2 aliphatic rings. The first kappa shape index (κ1) is 10.2. The molecule has 1 aromatic carbocycles. The van der Waals surface area contributed by atoms with Gasteiger partial charge in [0.2, 0.25) is 0 Å². The van der Waals surface area contributed by atoms with Gasteiger partial charge in [0, 0.05) is 18.2 Å². The molecule has 1 unspecified atom stereocenters. The van der Waals surface area contributed by atoms with Gasteiger partial charge in [0.1, 0.15) is 0 Å². The van der Waals surface area contributed by atoms with E-state index in [9.17, 15) is 0 Å². The molecular weight excluding hydrogens is 194 g/mol. The Morgan fingerprint density at radius 2 is 2.06 bits per heavy atom. The minimum atomic E-state index is 0.776. The molecule has 1 saturated carbocycles. The van der Waals surface area contributed by atoms with Crippen molar-refractivity contribution in [3.8, 4) is 0 Å². The van der Waals surface area contributed by atoms with E-state index in [-0.39, 0.29) is 0 Å². The van der Waals surface area contributed by atoms with Crippen molar-refractivity contribution >= 4 is 5.69 Å². The largest absolute Gasteiger partial charge is 0.384 e. The summed E-state index contributed by atoms with van der Waals surface area (Å²) in [5, 5.41) is 3.55. The van der Waals surface area contributed by atoms with Crippen LogP contribution in [0.1, 0.15) is 49.1 Å². The molecule has 1 N–H and O–H groups in total. The molecule has 0 spiro atoms.